The summed E-state index contributed by atoms with van der Waals surface area (Å²) in [5.74, 6) is 0. The predicted molar refractivity (Wildman–Crippen MR) is 82.9 cm³/mol. The molecule has 1 aromatic heterocycles. The summed E-state index contributed by atoms with van der Waals surface area (Å²) in [6.07, 6.45) is 3.92. The van der Waals surface area contributed by atoms with E-state index in [0.717, 1.165) is 26.3 Å². The summed E-state index contributed by atoms with van der Waals surface area (Å²) in [6.45, 7) is 2.99. The van der Waals surface area contributed by atoms with E-state index in [1.807, 2.05) is 36.3 Å². The first-order valence-electron chi connectivity index (χ1n) is 5.78. The molecule has 0 amide bonds. The van der Waals surface area contributed by atoms with Crippen molar-refractivity contribution >= 4 is 34.2 Å². The van der Waals surface area contributed by atoms with Crippen LogP contribution in [0.4, 0.5) is 0 Å². The number of halogens is 2. The van der Waals surface area contributed by atoms with Crippen LogP contribution in [-0.2, 0) is 7.05 Å². The molecule has 0 aliphatic heterocycles. The van der Waals surface area contributed by atoms with Gasteiger partial charge in [-0.25, -0.2) is 0 Å². The Morgan fingerprint density at radius 2 is 2.22 bits per heavy atom. The molecule has 2 aromatic rings. The lowest BCUT2D eigenvalue weighted by molar-refractivity contribution is 0.629. The predicted octanol–water partition coefficient (Wildman–Crippen LogP) is 3.38. The Balaban J connectivity index is 2.37. The molecule has 1 N–H and O–H groups in total. The fraction of sp³-hybridized carbons (Fsp3) is 0.308. The molecule has 0 aliphatic carbocycles. The Kier molecular flexibility index (Phi) is 4.64. The SMILES string of the molecule is CCNC(c1ccc(I)c(Cl)c1)c1cnn(C)c1. The van der Waals surface area contributed by atoms with Gasteiger partial charge >= 0.3 is 0 Å². The van der Waals surface area contributed by atoms with Gasteiger partial charge in [0.15, 0.2) is 0 Å². The van der Waals surface area contributed by atoms with Gasteiger partial charge in [-0.1, -0.05) is 24.6 Å². The van der Waals surface area contributed by atoms with E-state index in [9.17, 15) is 0 Å². The van der Waals surface area contributed by atoms with Crippen LogP contribution in [-0.4, -0.2) is 16.3 Å². The monoisotopic (exact) mass is 375 g/mol. The van der Waals surface area contributed by atoms with E-state index in [0.29, 0.717) is 0 Å². The van der Waals surface area contributed by atoms with Crippen LogP contribution in [0, 0.1) is 3.57 Å². The highest BCUT2D eigenvalue weighted by Gasteiger charge is 2.15. The van der Waals surface area contributed by atoms with Gasteiger partial charge in [-0.2, -0.15) is 5.10 Å². The second kappa shape index (κ2) is 6.04. The third-order valence-electron chi connectivity index (χ3n) is 2.74. The van der Waals surface area contributed by atoms with Crippen molar-refractivity contribution in [2.24, 2.45) is 7.05 Å². The molecule has 1 aromatic carbocycles. The molecule has 18 heavy (non-hydrogen) atoms. The minimum absolute atomic E-state index is 0.137. The minimum atomic E-state index is 0.137. The zero-order valence-corrected chi connectivity index (χ0v) is 13.2. The molecule has 0 saturated heterocycles. The van der Waals surface area contributed by atoms with Crippen LogP contribution in [0.3, 0.4) is 0 Å². The lowest BCUT2D eigenvalue weighted by Gasteiger charge is -2.17. The van der Waals surface area contributed by atoms with Crippen LogP contribution in [0.5, 0.6) is 0 Å². The van der Waals surface area contributed by atoms with Crippen molar-refractivity contribution in [1.29, 1.82) is 0 Å². The number of nitrogens with one attached hydrogen (secondary N) is 1. The fourth-order valence-corrected chi connectivity index (χ4v) is 2.44. The van der Waals surface area contributed by atoms with Crippen molar-refractivity contribution in [2.45, 2.75) is 13.0 Å². The molecule has 0 bridgehead atoms. The number of rotatable bonds is 4. The summed E-state index contributed by atoms with van der Waals surface area (Å²) in [7, 11) is 1.92. The number of aromatic nitrogens is 2. The maximum absolute atomic E-state index is 6.19. The smallest absolute Gasteiger partial charge is 0.0608 e. The van der Waals surface area contributed by atoms with Crippen LogP contribution < -0.4 is 5.32 Å². The highest BCUT2D eigenvalue weighted by Crippen LogP contribution is 2.27. The molecule has 0 saturated carbocycles. The molecular weight excluding hydrogens is 361 g/mol. The number of hydrogen-bond donors (Lipinski definition) is 1. The molecule has 2 rings (SSSR count). The van der Waals surface area contributed by atoms with Gasteiger partial charge in [-0.15, -0.1) is 0 Å². The first kappa shape index (κ1) is 13.8. The maximum Gasteiger partial charge on any atom is 0.0608 e. The zero-order valence-electron chi connectivity index (χ0n) is 10.3. The molecule has 0 fully saturated rings. The van der Waals surface area contributed by atoms with Gasteiger partial charge < -0.3 is 5.32 Å². The van der Waals surface area contributed by atoms with E-state index < -0.39 is 0 Å². The van der Waals surface area contributed by atoms with Crippen molar-refractivity contribution in [3.8, 4) is 0 Å². The molecule has 0 radical (unpaired) electrons. The lowest BCUT2D eigenvalue weighted by atomic mass is 10.0. The summed E-state index contributed by atoms with van der Waals surface area (Å²) in [4.78, 5) is 0. The van der Waals surface area contributed by atoms with Gasteiger partial charge in [0.05, 0.1) is 17.3 Å². The van der Waals surface area contributed by atoms with Crippen molar-refractivity contribution in [2.75, 3.05) is 6.54 Å². The molecule has 0 aliphatic rings. The Morgan fingerprint density at radius 3 is 2.78 bits per heavy atom. The van der Waals surface area contributed by atoms with Crippen LogP contribution in [0.25, 0.3) is 0 Å². The fourth-order valence-electron chi connectivity index (χ4n) is 1.91. The normalized spacial score (nSPS) is 12.7. The topological polar surface area (TPSA) is 29.9 Å². The third-order valence-corrected chi connectivity index (χ3v) is 4.32. The first-order chi connectivity index (χ1) is 8.61. The van der Waals surface area contributed by atoms with Crippen LogP contribution in [0.2, 0.25) is 5.02 Å². The summed E-state index contributed by atoms with van der Waals surface area (Å²) in [5, 5.41) is 8.48. The van der Waals surface area contributed by atoms with Gasteiger partial charge in [0.2, 0.25) is 0 Å². The van der Waals surface area contributed by atoms with Crippen LogP contribution in [0.15, 0.2) is 30.6 Å². The molecule has 1 unspecified atom stereocenters. The summed E-state index contributed by atoms with van der Waals surface area (Å²) < 4.78 is 2.88. The molecule has 1 atom stereocenters. The average Bonchev–Trinajstić information content (AvgIpc) is 2.76. The van der Waals surface area contributed by atoms with Crippen molar-refractivity contribution in [3.05, 3.63) is 50.3 Å². The Hall–Kier alpha value is -0.590. The second-order valence-corrected chi connectivity index (χ2v) is 5.68. The molecule has 1 heterocycles. The van der Waals surface area contributed by atoms with E-state index in [2.05, 4.69) is 46.0 Å². The third kappa shape index (κ3) is 3.05. The average molecular weight is 376 g/mol. The number of hydrogen-bond acceptors (Lipinski definition) is 2. The number of aryl methyl sites for hydroxylation is 1. The largest absolute Gasteiger partial charge is 0.306 e. The van der Waals surface area contributed by atoms with E-state index in [4.69, 9.17) is 11.6 Å². The Labute approximate surface area is 126 Å². The highest BCUT2D eigenvalue weighted by molar-refractivity contribution is 14.1. The summed E-state index contributed by atoms with van der Waals surface area (Å²) in [6, 6.07) is 6.30. The lowest BCUT2D eigenvalue weighted by Crippen LogP contribution is -2.21. The highest BCUT2D eigenvalue weighted by atomic mass is 127. The maximum atomic E-state index is 6.19. The summed E-state index contributed by atoms with van der Waals surface area (Å²) >= 11 is 8.43. The van der Waals surface area contributed by atoms with Crippen molar-refractivity contribution < 1.29 is 0 Å². The molecule has 96 valence electrons. The Morgan fingerprint density at radius 1 is 1.44 bits per heavy atom. The quantitative estimate of drug-likeness (QED) is 0.830. The first-order valence-corrected chi connectivity index (χ1v) is 7.24. The standard InChI is InChI=1S/C13H15ClIN3/c1-3-16-13(10-7-17-18(2)8-10)9-4-5-12(15)11(14)6-9/h4-8,13,16H,3H2,1-2H3. The Bertz CT molecular complexity index is 539. The van der Waals surface area contributed by atoms with E-state index >= 15 is 0 Å². The van der Waals surface area contributed by atoms with Crippen LogP contribution in [0.1, 0.15) is 24.1 Å². The number of benzene rings is 1. The zero-order chi connectivity index (χ0) is 13.1. The second-order valence-electron chi connectivity index (χ2n) is 4.11. The number of nitrogens with zero attached hydrogens (tertiary/aromatic N) is 2. The van der Waals surface area contributed by atoms with Crippen LogP contribution >= 0.6 is 34.2 Å². The van der Waals surface area contributed by atoms with E-state index in [-0.39, 0.29) is 6.04 Å². The molecule has 5 heteroatoms. The summed E-state index contributed by atoms with van der Waals surface area (Å²) in [5.41, 5.74) is 2.31. The van der Waals surface area contributed by atoms with Gasteiger partial charge in [0.25, 0.3) is 0 Å². The van der Waals surface area contributed by atoms with E-state index in [1.54, 1.807) is 0 Å². The van der Waals surface area contributed by atoms with Gasteiger partial charge in [-0.3, -0.25) is 4.68 Å². The molecular formula is C13H15ClIN3. The molecule has 3 nitrogen and oxygen atoms in total. The van der Waals surface area contributed by atoms with Crippen molar-refractivity contribution in [3.63, 3.8) is 0 Å². The van der Waals surface area contributed by atoms with Crippen molar-refractivity contribution in [1.82, 2.24) is 15.1 Å². The van der Waals surface area contributed by atoms with Gasteiger partial charge in [-0.05, 0) is 46.8 Å². The van der Waals surface area contributed by atoms with Gasteiger partial charge in [0.1, 0.15) is 0 Å². The van der Waals surface area contributed by atoms with E-state index in [1.165, 1.54) is 0 Å². The van der Waals surface area contributed by atoms with Gasteiger partial charge in [0, 0.05) is 22.4 Å². The molecule has 0 spiro atoms. The minimum Gasteiger partial charge on any atom is -0.306 e.